The predicted molar refractivity (Wildman–Crippen MR) is 77.3 cm³/mol. The first-order valence-electron chi connectivity index (χ1n) is 5.11. The molecular weight excluding hydrogens is 339 g/mol. The van der Waals surface area contributed by atoms with E-state index in [-0.39, 0.29) is 0 Å². The zero-order valence-corrected chi connectivity index (χ0v) is 12.3. The van der Waals surface area contributed by atoms with Gasteiger partial charge in [0, 0.05) is 15.6 Å². The van der Waals surface area contributed by atoms with Gasteiger partial charge < -0.3 is 9.84 Å². The molecule has 6 heteroatoms. The third-order valence-electron chi connectivity index (χ3n) is 2.19. The minimum absolute atomic E-state index is 0.455. The number of nitrogens with zero attached hydrogens (tertiary/aromatic N) is 1. The summed E-state index contributed by atoms with van der Waals surface area (Å²) in [5.74, 6) is 0.652. The molecule has 1 aromatic carbocycles. The number of halogens is 3. The summed E-state index contributed by atoms with van der Waals surface area (Å²) in [5.41, 5.74) is 3.68. The Balaban J connectivity index is 1.94. The summed E-state index contributed by atoms with van der Waals surface area (Å²) in [6.45, 7) is 0.455. The van der Waals surface area contributed by atoms with Crippen molar-refractivity contribution >= 4 is 45.3 Å². The molecule has 94 valence electrons. The Morgan fingerprint density at radius 3 is 2.56 bits per heavy atom. The zero-order valence-electron chi connectivity index (χ0n) is 9.16. The normalized spacial score (nSPS) is 11.1. The van der Waals surface area contributed by atoms with E-state index in [2.05, 4.69) is 26.5 Å². The number of furan rings is 1. The molecule has 0 unspecified atom stereocenters. The van der Waals surface area contributed by atoms with Crippen molar-refractivity contribution in [1.29, 1.82) is 0 Å². The van der Waals surface area contributed by atoms with E-state index in [1.54, 1.807) is 36.5 Å². The van der Waals surface area contributed by atoms with Crippen molar-refractivity contribution in [3.8, 4) is 0 Å². The van der Waals surface area contributed by atoms with Crippen LogP contribution in [0.25, 0.3) is 0 Å². The molecule has 0 bridgehead atoms. The highest BCUT2D eigenvalue weighted by Crippen LogP contribution is 2.23. The van der Waals surface area contributed by atoms with Crippen molar-refractivity contribution in [2.75, 3.05) is 0 Å². The Hall–Kier alpha value is -0.970. The number of rotatable bonds is 4. The fraction of sp³-hybridized carbons (Fsp3) is 0.0833. The van der Waals surface area contributed by atoms with E-state index < -0.39 is 0 Å². The fourth-order valence-corrected chi connectivity index (χ4v) is 2.18. The molecule has 0 amide bonds. The molecule has 0 spiro atoms. The largest absolute Gasteiger partial charge is 0.448 e. The van der Waals surface area contributed by atoms with Crippen LogP contribution in [0.15, 0.2) is 44.5 Å². The second-order valence-electron chi connectivity index (χ2n) is 3.44. The van der Waals surface area contributed by atoms with Gasteiger partial charge in [-0.05, 0) is 40.2 Å². The molecule has 0 aliphatic carbocycles. The van der Waals surface area contributed by atoms with E-state index in [9.17, 15) is 0 Å². The van der Waals surface area contributed by atoms with Gasteiger partial charge in [0.1, 0.15) is 5.76 Å². The molecule has 0 aliphatic rings. The van der Waals surface area contributed by atoms with Crippen molar-refractivity contribution in [3.05, 3.63) is 56.4 Å². The maximum absolute atomic E-state index is 6.03. The Labute approximate surface area is 123 Å². The number of hydrogen-bond donors (Lipinski definition) is 1. The van der Waals surface area contributed by atoms with Crippen molar-refractivity contribution in [2.24, 2.45) is 5.10 Å². The molecule has 2 aromatic rings. The van der Waals surface area contributed by atoms with Gasteiger partial charge in [0.15, 0.2) is 4.67 Å². The van der Waals surface area contributed by atoms with E-state index in [4.69, 9.17) is 27.6 Å². The third kappa shape index (κ3) is 3.51. The Bertz CT molecular complexity index is 549. The van der Waals surface area contributed by atoms with Gasteiger partial charge >= 0.3 is 0 Å². The number of hydrazone groups is 1. The zero-order chi connectivity index (χ0) is 13.0. The first-order chi connectivity index (χ1) is 8.66. The maximum atomic E-state index is 6.03. The van der Waals surface area contributed by atoms with Gasteiger partial charge in [-0.3, -0.25) is 0 Å². The van der Waals surface area contributed by atoms with E-state index in [0.29, 0.717) is 27.0 Å². The first kappa shape index (κ1) is 13.5. The molecule has 1 N–H and O–H groups in total. The van der Waals surface area contributed by atoms with Crippen LogP contribution in [-0.4, -0.2) is 6.21 Å². The van der Waals surface area contributed by atoms with E-state index in [1.165, 1.54) is 0 Å². The molecular formula is C12H9BrCl2N2O. The molecule has 0 fully saturated rings. The minimum atomic E-state index is 0.455. The fourth-order valence-electron chi connectivity index (χ4n) is 1.33. The molecule has 0 atom stereocenters. The summed E-state index contributed by atoms with van der Waals surface area (Å²) >= 11 is 15.3. The van der Waals surface area contributed by atoms with Gasteiger partial charge in [0.25, 0.3) is 0 Å². The molecule has 1 heterocycles. The van der Waals surface area contributed by atoms with Gasteiger partial charge in [-0.1, -0.05) is 29.3 Å². The summed E-state index contributed by atoms with van der Waals surface area (Å²) in [7, 11) is 0. The lowest BCUT2D eigenvalue weighted by Gasteiger charge is -2.05. The second kappa shape index (κ2) is 6.27. The van der Waals surface area contributed by atoms with Gasteiger partial charge in [-0.2, -0.15) is 5.10 Å². The van der Waals surface area contributed by atoms with Gasteiger partial charge in [0.2, 0.25) is 0 Å². The summed E-state index contributed by atoms with van der Waals surface area (Å²) in [6, 6.07) is 8.98. The lowest BCUT2D eigenvalue weighted by molar-refractivity contribution is 0.533. The average Bonchev–Trinajstić information content (AvgIpc) is 2.73. The molecule has 0 saturated heterocycles. The van der Waals surface area contributed by atoms with Gasteiger partial charge in [0.05, 0.1) is 12.8 Å². The lowest BCUT2D eigenvalue weighted by atomic mass is 10.2. The van der Waals surface area contributed by atoms with Crippen LogP contribution in [-0.2, 0) is 6.54 Å². The van der Waals surface area contributed by atoms with Gasteiger partial charge in [-0.25, -0.2) is 0 Å². The number of nitrogens with one attached hydrogen (secondary N) is 1. The average molecular weight is 348 g/mol. The molecule has 1 aromatic heterocycles. The second-order valence-corrected chi connectivity index (χ2v) is 5.03. The van der Waals surface area contributed by atoms with Crippen molar-refractivity contribution in [1.82, 2.24) is 5.43 Å². The third-order valence-corrected chi connectivity index (χ3v) is 3.33. The highest BCUT2D eigenvalue weighted by Gasteiger charge is 2.03. The predicted octanol–water partition coefficient (Wildman–Crippen LogP) is 4.47. The monoisotopic (exact) mass is 346 g/mol. The minimum Gasteiger partial charge on any atom is -0.448 e. The topological polar surface area (TPSA) is 37.5 Å². The van der Waals surface area contributed by atoms with Crippen LogP contribution in [0.5, 0.6) is 0 Å². The van der Waals surface area contributed by atoms with E-state index in [0.717, 1.165) is 5.56 Å². The number of hydrogen-bond acceptors (Lipinski definition) is 3. The van der Waals surface area contributed by atoms with Crippen LogP contribution in [0, 0.1) is 0 Å². The Morgan fingerprint density at radius 1 is 1.22 bits per heavy atom. The highest BCUT2D eigenvalue weighted by atomic mass is 79.9. The standard InChI is InChI=1S/C12H9BrCl2N2O/c13-12-5-4-8(18-12)6-16-17-7-9-10(14)2-1-3-11(9)15/h1-6,17H,7H2/b16-6+. The summed E-state index contributed by atoms with van der Waals surface area (Å²) < 4.78 is 5.92. The van der Waals surface area contributed by atoms with Crippen LogP contribution >= 0.6 is 39.1 Å². The SMILES string of the molecule is Clc1cccc(Cl)c1CN/N=C/c1ccc(Br)o1. The lowest BCUT2D eigenvalue weighted by Crippen LogP contribution is -2.06. The molecule has 3 nitrogen and oxygen atoms in total. The van der Waals surface area contributed by atoms with Crippen LogP contribution in [0.3, 0.4) is 0 Å². The summed E-state index contributed by atoms with van der Waals surface area (Å²) in [6.07, 6.45) is 1.58. The van der Waals surface area contributed by atoms with E-state index >= 15 is 0 Å². The highest BCUT2D eigenvalue weighted by molar-refractivity contribution is 9.10. The van der Waals surface area contributed by atoms with Crippen molar-refractivity contribution in [3.63, 3.8) is 0 Å². The maximum Gasteiger partial charge on any atom is 0.169 e. The Morgan fingerprint density at radius 2 is 1.94 bits per heavy atom. The van der Waals surface area contributed by atoms with Gasteiger partial charge in [-0.15, -0.1) is 0 Å². The quantitative estimate of drug-likeness (QED) is 0.654. The van der Waals surface area contributed by atoms with Crippen LogP contribution in [0.1, 0.15) is 11.3 Å². The first-order valence-corrected chi connectivity index (χ1v) is 6.66. The summed E-state index contributed by atoms with van der Waals surface area (Å²) in [4.78, 5) is 0. The Kier molecular flexibility index (Phi) is 4.69. The molecule has 2 rings (SSSR count). The van der Waals surface area contributed by atoms with Crippen molar-refractivity contribution in [2.45, 2.75) is 6.54 Å². The summed E-state index contributed by atoms with van der Waals surface area (Å²) in [5, 5.41) is 5.26. The van der Waals surface area contributed by atoms with Crippen LogP contribution < -0.4 is 5.43 Å². The molecule has 0 saturated carbocycles. The number of benzene rings is 1. The molecule has 0 aliphatic heterocycles. The molecule has 18 heavy (non-hydrogen) atoms. The van der Waals surface area contributed by atoms with E-state index in [1.807, 2.05) is 0 Å². The smallest absolute Gasteiger partial charge is 0.169 e. The van der Waals surface area contributed by atoms with Crippen LogP contribution in [0.4, 0.5) is 0 Å². The van der Waals surface area contributed by atoms with Crippen LogP contribution in [0.2, 0.25) is 10.0 Å². The molecule has 0 radical (unpaired) electrons. The van der Waals surface area contributed by atoms with Crippen molar-refractivity contribution < 1.29 is 4.42 Å².